The van der Waals surface area contributed by atoms with Gasteiger partial charge in [0.05, 0.1) is 5.75 Å². The molecule has 0 saturated heterocycles. The Morgan fingerprint density at radius 2 is 1.75 bits per heavy atom. The van der Waals surface area contributed by atoms with Gasteiger partial charge in [0.15, 0.2) is 0 Å². The van der Waals surface area contributed by atoms with Gasteiger partial charge in [-0.15, -0.1) is 0 Å². The van der Waals surface area contributed by atoms with Crippen LogP contribution in [0.25, 0.3) is 0 Å². The molecule has 0 rings (SSSR count). The summed E-state index contributed by atoms with van der Waals surface area (Å²) < 4.78 is 27.8. The molecule has 0 spiro atoms. The average molecular weight is 207 g/mol. The zero-order chi connectivity index (χ0) is 9.33. The summed E-state index contributed by atoms with van der Waals surface area (Å²) in [5, 5.41) is 7.46. The van der Waals surface area contributed by atoms with Gasteiger partial charge in [-0.1, -0.05) is 6.61 Å². The first-order valence-corrected chi connectivity index (χ1v) is 4.64. The quantitative estimate of drug-likeness (QED) is 0.249. The van der Waals surface area contributed by atoms with Gasteiger partial charge in [0.1, 0.15) is 0 Å². The summed E-state index contributed by atoms with van der Waals surface area (Å²) in [5.41, 5.74) is 4.96. The van der Waals surface area contributed by atoms with Gasteiger partial charge < -0.3 is 17.8 Å². The Hall–Kier alpha value is 0.830. The van der Waals surface area contributed by atoms with Gasteiger partial charge in [-0.2, -0.15) is 8.42 Å². The van der Waals surface area contributed by atoms with Crippen molar-refractivity contribution in [3.8, 4) is 0 Å². The second-order valence-corrected chi connectivity index (χ2v) is 3.22. The van der Waals surface area contributed by atoms with Crippen LogP contribution in [0, 0.1) is 6.92 Å². The molecule has 0 aromatic heterocycles. The topological polar surface area (TPSA) is 101 Å². The van der Waals surface area contributed by atoms with Crippen molar-refractivity contribution in [3.63, 3.8) is 0 Å². The summed E-state index contributed by atoms with van der Waals surface area (Å²) >= 11 is 0. The van der Waals surface area contributed by atoms with E-state index in [1.165, 1.54) is 0 Å². The predicted octanol–water partition coefficient (Wildman–Crippen LogP) is -3.96. The fourth-order valence-electron chi connectivity index (χ4n) is 0.266. The van der Waals surface area contributed by atoms with E-state index in [1.54, 1.807) is 0 Å². The summed E-state index contributed by atoms with van der Waals surface area (Å²) in [6.07, 6.45) is 0.318. The Morgan fingerprint density at radius 3 is 1.83 bits per heavy atom. The molecule has 70 valence electrons. The number of hydrogen-bond acceptors (Lipinski definition) is 4. The molecule has 0 aliphatic heterocycles. The molecular weight excluding hydrogens is 193 g/mol. The van der Waals surface area contributed by atoms with E-state index >= 15 is 0 Å². The van der Waals surface area contributed by atoms with Crippen molar-refractivity contribution in [2.75, 3.05) is 18.9 Å². The van der Waals surface area contributed by atoms with E-state index in [2.05, 4.69) is 6.92 Å². The van der Waals surface area contributed by atoms with Gasteiger partial charge in [0.25, 0.3) is 10.1 Å². The molecule has 0 aliphatic carbocycles. The van der Waals surface area contributed by atoms with Crippen LogP contribution < -0.4 is 35.3 Å². The Balaban J connectivity index is -0.000000177. The molecule has 4 N–H and O–H groups in total. The van der Waals surface area contributed by atoms with Crippen LogP contribution in [0.3, 0.4) is 0 Å². The van der Waals surface area contributed by atoms with Crippen molar-refractivity contribution in [2.24, 2.45) is 5.73 Å². The second kappa shape index (κ2) is 11.8. The van der Waals surface area contributed by atoms with E-state index in [0.717, 1.165) is 0 Å². The molecule has 0 aromatic rings. The number of aliphatic hydroxyl groups is 1. The monoisotopic (exact) mass is 207 g/mol. The van der Waals surface area contributed by atoms with Crippen molar-refractivity contribution < 1.29 is 47.6 Å². The molecule has 7 heteroatoms. The normalized spacial score (nSPS) is 9.33. The van der Waals surface area contributed by atoms with Crippen LogP contribution in [-0.2, 0) is 10.1 Å². The average Bonchev–Trinajstić information content (AvgIpc) is 1.84. The molecule has 0 unspecified atom stereocenters. The number of aliphatic hydroxyl groups excluding tert-OH is 1. The fourth-order valence-corrected chi connectivity index (χ4v) is 0.797. The molecule has 0 saturated carbocycles. The molecule has 0 heterocycles. The minimum absolute atomic E-state index is 0. The van der Waals surface area contributed by atoms with E-state index in [9.17, 15) is 8.42 Å². The van der Waals surface area contributed by atoms with Crippen molar-refractivity contribution in [3.05, 3.63) is 6.92 Å². The van der Waals surface area contributed by atoms with Crippen LogP contribution in [0.5, 0.6) is 0 Å². The Bertz CT molecular complexity index is 159. The van der Waals surface area contributed by atoms with Crippen LogP contribution in [0.15, 0.2) is 0 Å². The molecule has 0 fully saturated rings. The Morgan fingerprint density at radius 1 is 1.42 bits per heavy atom. The molecule has 0 radical (unpaired) electrons. The van der Waals surface area contributed by atoms with Crippen molar-refractivity contribution in [1.29, 1.82) is 0 Å². The first kappa shape index (κ1) is 18.6. The second-order valence-electron chi connectivity index (χ2n) is 1.65. The molecule has 5 nitrogen and oxygen atoms in total. The first-order chi connectivity index (χ1) is 4.97. The van der Waals surface area contributed by atoms with E-state index in [1.807, 2.05) is 0 Å². The van der Waals surface area contributed by atoms with Crippen LogP contribution in [0.2, 0.25) is 0 Å². The minimum Gasteiger partial charge on any atom is -0.428 e. The molecule has 0 aromatic carbocycles. The maximum absolute atomic E-state index is 9.89. The van der Waals surface area contributed by atoms with Crippen LogP contribution in [0.1, 0.15) is 6.42 Å². The first-order valence-electron chi connectivity index (χ1n) is 3.03. The smallest absolute Gasteiger partial charge is 0.428 e. The Kier molecular flexibility index (Phi) is 18.3. The third kappa shape index (κ3) is 30.8. The summed E-state index contributed by atoms with van der Waals surface area (Å²) in [6, 6.07) is 0. The van der Waals surface area contributed by atoms with E-state index < -0.39 is 10.1 Å². The maximum Gasteiger partial charge on any atom is 1.00 e. The third-order valence-corrected chi connectivity index (χ3v) is 1.41. The number of rotatable bonds is 3. The SMILES string of the molecule is NCCCS(=O)(=O)O.[CH2-]CO.[Na+]. The molecule has 12 heavy (non-hydrogen) atoms. The zero-order valence-electron chi connectivity index (χ0n) is 7.23. The minimum atomic E-state index is -3.77. The molecule has 0 amide bonds. The summed E-state index contributed by atoms with van der Waals surface area (Å²) in [4.78, 5) is 0. The van der Waals surface area contributed by atoms with Crippen molar-refractivity contribution >= 4 is 10.1 Å². The van der Waals surface area contributed by atoms with Gasteiger partial charge in [-0.25, -0.2) is 0 Å². The molecular formula is C5H14NNaO4S. The predicted molar refractivity (Wildman–Crippen MR) is 42.5 cm³/mol. The summed E-state index contributed by atoms with van der Waals surface area (Å²) in [7, 11) is -3.77. The fraction of sp³-hybridized carbons (Fsp3) is 0.800. The van der Waals surface area contributed by atoms with Crippen molar-refractivity contribution in [1.82, 2.24) is 0 Å². The maximum atomic E-state index is 9.89. The van der Waals surface area contributed by atoms with Crippen LogP contribution >= 0.6 is 0 Å². The standard InChI is InChI=1S/C3H9NO3S.C2H5O.Na/c4-2-1-3-8(5,6)7;1-2-3;/h1-4H2,(H,5,6,7);3H,1-2H2;/q;-1;+1. The number of nitrogens with two attached hydrogens (primary N) is 1. The van der Waals surface area contributed by atoms with Gasteiger partial charge in [0.2, 0.25) is 0 Å². The largest absolute Gasteiger partial charge is 1.00 e. The molecule has 0 bridgehead atoms. The van der Waals surface area contributed by atoms with Gasteiger partial charge >= 0.3 is 29.6 Å². The van der Waals surface area contributed by atoms with E-state index in [0.29, 0.717) is 13.0 Å². The van der Waals surface area contributed by atoms with E-state index in [-0.39, 0.29) is 41.9 Å². The molecule has 0 aliphatic rings. The van der Waals surface area contributed by atoms with Crippen molar-refractivity contribution in [2.45, 2.75) is 6.42 Å². The van der Waals surface area contributed by atoms with Crippen LogP contribution in [-0.4, -0.2) is 37.0 Å². The summed E-state index contributed by atoms with van der Waals surface area (Å²) in [6.45, 7) is 3.33. The van der Waals surface area contributed by atoms with Gasteiger partial charge in [-0.05, 0) is 13.0 Å². The molecule has 0 atom stereocenters. The Labute approximate surface area is 95.4 Å². The van der Waals surface area contributed by atoms with Gasteiger partial charge in [0, 0.05) is 0 Å². The van der Waals surface area contributed by atoms with Crippen LogP contribution in [0.4, 0.5) is 0 Å². The summed E-state index contributed by atoms with van der Waals surface area (Å²) in [5.74, 6) is -0.233. The zero-order valence-corrected chi connectivity index (χ0v) is 10.0. The third-order valence-electron chi connectivity index (χ3n) is 0.606. The van der Waals surface area contributed by atoms with Gasteiger partial charge in [-0.3, -0.25) is 4.55 Å². The number of hydrogen-bond donors (Lipinski definition) is 3. The van der Waals surface area contributed by atoms with E-state index in [4.69, 9.17) is 15.4 Å².